The lowest BCUT2D eigenvalue weighted by atomic mass is 10.1. The third-order valence-corrected chi connectivity index (χ3v) is 2.16. The van der Waals surface area contributed by atoms with Gasteiger partial charge < -0.3 is 5.11 Å². The SMILES string of the molecule is C/C(=C\C(=O)O)c1cc(Cl)ccc1[N+](=O)[O-]. The van der Waals surface area contributed by atoms with Crippen molar-refractivity contribution in [1.82, 2.24) is 0 Å². The molecule has 0 saturated heterocycles. The van der Waals surface area contributed by atoms with Crippen molar-refractivity contribution in [1.29, 1.82) is 0 Å². The molecule has 0 aliphatic rings. The molecule has 0 fully saturated rings. The van der Waals surface area contributed by atoms with Gasteiger partial charge in [0.1, 0.15) is 0 Å². The smallest absolute Gasteiger partial charge is 0.328 e. The first-order valence-electron chi connectivity index (χ1n) is 4.27. The molecule has 0 aromatic heterocycles. The van der Waals surface area contributed by atoms with E-state index in [0.717, 1.165) is 6.08 Å². The Hall–Kier alpha value is -1.88. The van der Waals surface area contributed by atoms with Crippen LogP contribution in [-0.2, 0) is 4.79 Å². The first-order chi connectivity index (χ1) is 7.41. The number of carboxylic acids is 1. The zero-order chi connectivity index (χ0) is 12.3. The lowest BCUT2D eigenvalue weighted by Crippen LogP contribution is -1.96. The van der Waals surface area contributed by atoms with E-state index in [1.54, 1.807) is 0 Å². The Morgan fingerprint density at radius 2 is 2.19 bits per heavy atom. The minimum absolute atomic E-state index is 0.167. The normalized spacial score (nSPS) is 11.2. The quantitative estimate of drug-likeness (QED) is 0.501. The number of nitro groups is 1. The molecule has 6 heteroatoms. The van der Waals surface area contributed by atoms with Crippen LogP contribution < -0.4 is 0 Å². The number of carboxylic acid groups (broad SMARTS) is 1. The second kappa shape index (κ2) is 4.76. The molecule has 0 unspecified atom stereocenters. The van der Waals surface area contributed by atoms with Crippen LogP contribution in [0.2, 0.25) is 5.02 Å². The van der Waals surface area contributed by atoms with Crippen LogP contribution >= 0.6 is 11.6 Å². The topological polar surface area (TPSA) is 80.4 Å². The van der Waals surface area contributed by atoms with Crippen LogP contribution in [0.3, 0.4) is 0 Å². The highest BCUT2D eigenvalue weighted by Gasteiger charge is 2.15. The number of benzene rings is 1. The monoisotopic (exact) mass is 241 g/mol. The van der Waals surface area contributed by atoms with Gasteiger partial charge in [-0.25, -0.2) is 4.79 Å². The zero-order valence-corrected chi connectivity index (χ0v) is 9.06. The summed E-state index contributed by atoms with van der Waals surface area (Å²) in [5.74, 6) is -1.16. The van der Waals surface area contributed by atoms with Crippen molar-refractivity contribution in [3.05, 3.63) is 45.0 Å². The molecule has 0 spiro atoms. The molecule has 0 heterocycles. The van der Waals surface area contributed by atoms with Gasteiger partial charge in [0.25, 0.3) is 5.69 Å². The summed E-state index contributed by atoms with van der Waals surface area (Å²) in [5.41, 5.74) is 0.320. The molecule has 0 bridgehead atoms. The fourth-order valence-electron chi connectivity index (χ4n) is 1.25. The molecule has 0 radical (unpaired) electrons. The van der Waals surface area contributed by atoms with E-state index < -0.39 is 10.9 Å². The van der Waals surface area contributed by atoms with Crippen LogP contribution in [0, 0.1) is 10.1 Å². The molecule has 5 nitrogen and oxygen atoms in total. The summed E-state index contributed by atoms with van der Waals surface area (Å²) in [4.78, 5) is 20.6. The molecule has 0 amide bonds. The van der Waals surface area contributed by atoms with Crippen molar-refractivity contribution in [2.75, 3.05) is 0 Å². The number of nitro benzene ring substituents is 1. The fourth-order valence-corrected chi connectivity index (χ4v) is 1.42. The molecule has 0 aliphatic heterocycles. The lowest BCUT2D eigenvalue weighted by molar-refractivity contribution is -0.385. The molecular weight excluding hydrogens is 234 g/mol. The Labute approximate surface area is 96.1 Å². The summed E-state index contributed by atoms with van der Waals surface area (Å²) >= 11 is 5.70. The predicted octanol–water partition coefficient (Wildman–Crippen LogP) is 2.74. The number of allylic oxidation sites excluding steroid dienone is 1. The standard InChI is InChI=1S/C10H8ClNO4/c1-6(4-10(13)14)8-5-7(11)2-3-9(8)12(15)16/h2-5H,1H3,(H,13,14)/b6-4+. The van der Waals surface area contributed by atoms with Gasteiger partial charge >= 0.3 is 5.97 Å². The average molecular weight is 242 g/mol. The molecule has 0 aliphatic carbocycles. The largest absolute Gasteiger partial charge is 0.478 e. The van der Waals surface area contributed by atoms with Crippen LogP contribution in [0.5, 0.6) is 0 Å². The van der Waals surface area contributed by atoms with Crippen LogP contribution in [0.25, 0.3) is 5.57 Å². The summed E-state index contributed by atoms with van der Waals surface area (Å²) in [6, 6.07) is 4.00. The predicted molar refractivity (Wildman–Crippen MR) is 59.4 cm³/mol. The number of halogens is 1. The van der Waals surface area contributed by atoms with E-state index in [2.05, 4.69) is 0 Å². The highest BCUT2D eigenvalue weighted by Crippen LogP contribution is 2.28. The van der Waals surface area contributed by atoms with E-state index >= 15 is 0 Å². The minimum atomic E-state index is -1.16. The van der Waals surface area contributed by atoms with E-state index in [-0.39, 0.29) is 16.8 Å². The van der Waals surface area contributed by atoms with Crippen LogP contribution in [0.1, 0.15) is 12.5 Å². The fraction of sp³-hybridized carbons (Fsp3) is 0.100. The van der Waals surface area contributed by atoms with Crippen LogP contribution in [-0.4, -0.2) is 16.0 Å². The average Bonchev–Trinajstić information content (AvgIpc) is 2.15. The number of rotatable bonds is 3. The summed E-state index contributed by atoms with van der Waals surface area (Å²) in [5, 5.41) is 19.6. The van der Waals surface area contributed by atoms with Crippen LogP contribution in [0.15, 0.2) is 24.3 Å². The number of carbonyl (C=O) groups is 1. The van der Waals surface area contributed by atoms with E-state index in [4.69, 9.17) is 16.7 Å². The van der Waals surface area contributed by atoms with E-state index in [9.17, 15) is 14.9 Å². The van der Waals surface area contributed by atoms with Crippen LogP contribution in [0.4, 0.5) is 5.69 Å². The summed E-state index contributed by atoms with van der Waals surface area (Å²) in [6.07, 6.45) is 0.901. The van der Waals surface area contributed by atoms with E-state index in [1.807, 2.05) is 0 Å². The summed E-state index contributed by atoms with van der Waals surface area (Å²) in [7, 11) is 0. The van der Waals surface area contributed by atoms with E-state index in [1.165, 1.54) is 25.1 Å². The van der Waals surface area contributed by atoms with Crippen molar-refractivity contribution < 1.29 is 14.8 Å². The maximum atomic E-state index is 10.7. The number of nitrogens with zero attached hydrogens (tertiary/aromatic N) is 1. The van der Waals surface area contributed by atoms with Gasteiger partial charge in [0, 0.05) is 17.2 Å². The maximum Gasteiger partial charge on any atom is 0.328 e. The second-order valence-corrected chi connectivity index (χ2v) is 3.52. The van der Waals surface area contributed by atoms with Gasteiger partial charge in [-0.15, -0.1) is 0 Å². The molecule has 16 heavy (non-hydrogen) atoms. The highest BCUT2D eigenvalue weighted by atomic mass is 35.5. The first-order valence-corrected chi connectivity index (χ1v) is 4.65. The van der Waals surface area contributed by atoms with E-state index in [0.29, 0.717) is 5.02 Å². The third-order valence-electron chi connectivity index (χ3n) is 1.92. The van der Waals surface area contributed by atoms with Crippen molar-refractivity contribution in [3.8, 4) is 0 Å². The van der Waals surface area contributed by atoms with Gasteiger partial charge in [-0.2, -0.15) is 0 Å². The van der Waals surface area contributed by atoms with Crippen molar-refractivity contribution >= 4 is 28.8 Å². The van der Waals surface area contributed by atoms with Gasteiger partial charge in [-0.3, -0.25) is 10.1 Å². The van der Waals surface area contributed by atoms with Gasteiger partial charge in [0.2, 0.25) is 0 Å². The third kappa shape index (κ3) is 2.80. The molecule has 1 aromatic carbocycles. The van der Waals surface area contributed by atoms with Crippen molar-refractivity contribution in [2.24, 2.45) is 0 Å². The Kier molecular flexibility index (Phi) is 3.63. The second-order valence-electron chi connectivity index (χ2n) is 3.08. The number of aliphatic carboxylic acids is 1. The molecule has 1 aromatic rings. The molecule has 0 saturated carbocycles. The molecule has 1 rings (SSSR count). The molecule has 84 valence electrons. The Morgan fingerprint density at radius 1 is 1.56 bits per heavy atom. The first kappa shape index (κ1) is 12.2. The summed E-state index contributed by atoms with van der Waals surface area (Å²) in [6.45, 7) is 1.48. The maximum absolute atomic E-state index is 10.7. The van der Waals surface area contributed by atoms with Gasteiger partial charge in [-0.05, 0) is 24.6 Å². The zero-order valence-electron chi connectivity index (χ0n) is 8.31. The Bertz CT molecular complexity index is 482. The number of hydrogen-bond donors (Lipinski definition) is 1. The minimum Gasteiger partial charge on any atom is -0.478 e. The van der Waals surface area contributed by atoms with Crippen molar-refractivity contribution in [3.63, 3.8) is 0 Å². The molecular formula is C10H8ClNO4. The van der Waals surface area contributed by atoms with Gasteiger partial charge in [0.15, 0.2) is 0 Å². The van der Waals surface area contributed by atoms with Gasteiger partial charge in [-0.1, -0.05) is 11.6 Å². The Balaban J connectivity index is 3.35. The lowest BCUT2D eigenvalue weighted by Gasteiger charge is -2.02. The summed E-state index contributed by atoms with van der Waals surface area (Å²) < 4.78 is 0. The Morgan fingerprint density at radius 3 is 2.69 bits per heavy atom. The molecule has 1 N–H and O–H groups in total. The van der Waals surface area contributed by atoms with Gasteiger partial charge in [0.05, 0.1) is 10.5 Å². The highest BCUT2D eigenvalue weighted by molar-refractivity contribution is 6.30. The number of hydrogen-bond acceptors (Lipinski definition) is 3. The molecule has 0 atom stereocenters. The van der Waals surface area contributed by atoms with Crippen molar-refractivity contribution in [2.45, 2.75) is 6.92 Å².